The van der Waals surface area contributed by atoms with Gasteiger partial charge in [0.15, 0.2) is 6.10 Å². The van der Waals surface area contributed by atoms with E-state index in [0.29, 0.717) is 6.42 Å². The molecule has 54 heavy (non-hydrogen) atoms. The van der Waals surface area contributed by atoms with Crippen LogP contribution in [0.1, 0.15) is 181 Å². The van der Waals surface area contributed by atoms with Gasteiger partial charge >= 0.3 is 25.7 Å². The Morgan fingerprint density at radius 3 is 1.56 bits per heavy atom. The SMILES string of the molecule is CCCCCCCC/C=C/CCCCCCCC(=O)OC[C@H](COP(=O)(O)OC[C@H](N)C(=O)O)OC(=O)/C=C/C=C/CCCCCCCCCCCCC. The zero-order valence-electron chi connectivity index (χ0n) is 33.8. The lowest BCUT2D eigenvalue weighted by Gasteiger charge is -2.19. The first-order chi connectivity index (χ1) is 26.1. The van der Waals surface area contributed by atoms with Crippen molar-refractivity contribution in [3.63, 3.8) is 0 Å². The Morgan fingerprint density at radius 1 is 0.611 bits per heavy atom. The fraction of sp³-hybridized carbons (Fsp3) is 0.786. The zero-order valence-corrected chi connectivity index (χ0v) is 34.7. The summed E-state index contributed by atoms with van der Waals surface area (Å²) in [5.41, 5.74) is 5.32. The Bertz CT molecular complexity index is 1060. The van der Waals surface area contributed by atoms with Gasteiger partial charge in [0, 0.05) is 12.5 Å². The fourth-order valence-corrected chi connectivity index (χ4v) is 6.39. The van der Waals surface area contributed by atoms with Crippen LogP contribution in [0, 0.1) is 0 Å². The number of carbonyl (C=O) groups is 3. The molecule has 0 aliphatic heterocycles. The summed E-state index contributed by atoms with van der Waals surface area (Å²) in [6, 6.07) is -1.53. The number of aliphatic carboxylic acids is 1. The number of hydrogen-bond acceptors (Lipinski definition) is 9. The minimum absolute atomic E-state index is 0.193. The molecule has 0 heterocycles. The highest BCUT2D eigenvalue weighted by molar-refractivity contribution is 7.47. The maximum atomic E-state index is 12.5. The summed E-state index contributed by atoms with van der Waals surface area (Å²) in [4.78, 5) is 45.7. The molecule has 0 aliphatic carbocycles. The minimum Gasteiger partial charge on any atom is -0.480 e. The molecule has 12 heteroatoms. The molecule has 0 fully saturated rings. The van der Waals surface area contributed by atoms with Gasteiger partial charge in [0.05, 0.1) is 13.2 Å². The standard InChI is InChI=1S/C42H76NO10P/c1-3-5-7-9-11-13-15-17-19-21-23-25-27-29-31-33-40(44)50-35-38(36-51-54(48,49)52-37-39(43)42(46)47)53-41(45)34-32-30-28-26-24-22-20-18-16-14-12-10-8-6-4-2/h17,19,28,30,32,34,38-39H,3-16,18,20-27,29,31,33,35-37,43H2,1-2H3,(H,46,47)(H,48,49)/b19-17+,30-28+,34-32+/t38-,39+/m1/s1. The van der Waals surface area contributed by atoms with Gasteiger partial charge in [0.2, 0.25) is 0 Å². The van der Waals surface area contributed by atoms with Crippen molar-refractivity contribution in [3.8, 4) is 0 Å². The van der Waals surface area contributed by atoms with Crippen LogP contribution in [-0.4, -0.2) is 59.9 Å². The van der Waals surface area contributed by atoms with Gasteiger partial charge < -0.3 is 25.2 Å². The summed E-state index contributed by atoms with van der Waals surface area (Å²) in [5, 5.41) is 8.87. The molecule has 0 aliphatic rings. The molecule has 11 nitrogen and oxygen atoms in total. The van der Waals surface area contributed by atoms with Crippen molar-refractivity contribution >= 4 is 25.7 Å². The maximum absolute atomic E-state index is 12.5. The summed E-state index contributed by atoms with van der Waals surface area (Å²) in [6.45, 7) is 2.67. The Hall–Kier alpha value is -2.30. The number of allylic oxidation sites excluding steroid dienone is 5. The van der Waals surface area contributed by atoms with Crippen molar-refractivity contribution in [2.75, 3.05) is 19.8 Å². The summed E-state index contributed by atoms with van der Waals surface area (Å²) >= 11 is 0. The van der Waals surface area contributed by atoms with Crippen molar-refractivity contribution in [1.82, 2.24) is 0 Å². The van der Waals surface area contributed by atoms with Gasteiger partial charge in [0.25, 0.3) is 0 Å². The lowest BCUT2D eigenvalue weighted by Crippen LogP contribution is -2.34. The van der Waals surface area contributed by atoms with Crippen LogP contribution in [0.4, 0.5) is 0 Å². The first-order valence-corrected chi connectivity index (χ1v) is 22.6. The van der Waals surface area contributed by atoms with Crippen LogP contribution in [-0.2, 0) is 37.5 Å². The van der Waals surface area contributed by atoms with Gasteiger partial charge in [-0.25, -0.2) is 9.36 Å². The lowest BCUT2D eigenvalue weighted by atomic mass is 10.1. The van der Waals surface area contributed by atoms with E-state index in [2.05, 4.69) is 30.5 Å². The number of esters is 2. The Labute approximate surface area is 327 Å². The number of rotatable bonds is 39. The molecule has 314 valence electrons. The van der Waals surface area contributed by atoms with Gasteiger partial charge in [0.1, 0.15) is 12.6 Å². The highest BCUT2D eigenvalue weighted by atomic mass is 31.2. The quantitative estimate of drug-likeness (QED) is 0.0135. The summed E-state index contributed by atoms with van der Waals surface area (Å²) < 4.78 is 32.4. The largest absolute Gasteiger partial charge is 0.480 e. The summed E-state index contributed by atoms with van der Waals surface area (Å²) in [7, 11) is -4.74. The predicted octanol–water partition coefficient (Wildman–Crippen LogP) is 10.8. The number of nitrogens with two attached hydrogens (primary N) is 1. The van der Waals surface area contributed by atoms with Crippen molar-refractivity contribution in [3.05, 3.63) is 36.5 Å². The van der Waals surface area contributed by atoms with E-state index in [1.165, 1.54) is 109 Å². The first-order valence-electron chi connectivity index (χ1n) is 21.1. The smallest absolute Gasteiger partial charge is 0.472 e. The zero-order chi connectivity index (χ0) is 40.0. The van der Waals surface area contributed by atoms with Gasteiger partial charge in [-0.05, 0) is 44.9 Å². The monoisotopic (exact) mass is 786 g/mol. The molecule has 0 rings (SSSR count). The van der Waals surface area contributed by atoms with E-state index >= 15 is 0 Å². The second kappa shape index (κ2) is 37.6. The maximum Gasteiger partial charge on any atom is 0.472 e. The third kappa shape index (κ3) is 36.7. The van der Waals surface area contributed by atoms with Gasteiger partial charge in [-0.1, -0.05) is 160 Å². The Morgan fingerprint density at radius 2 is 1.06 bits per heavy atom. The molecule has 0 spiro atoms. The van der Waals surface area contributed by atoms with E-state index in [1.807, 2.05) is 6.08 Å². The summed E-state index contributed by atoms with van der Waals surface area (Å²) in [6.07, 6.45) is 39.9. The van der Waals surface area contributed by atoms with Gasteiger partial charge in [-0.2, -0.15) is 0 Å². The average Bonchev–Trinajstić information content (AvgIpc) is 3.14. The molecular formula is C42H76NO10P. The van der Waals surface area contributed by atoms with Gasteiger partial charge in [-0.15, -0.1) is 0 Å². The number of hydrogen-bond donors (Lipinski definition) is 3. The van der Waals surface area contributed by atoms with E-state index in [0.717, 1.165) is 51.4 Å². The first kappa shape index (κ1) is 51.7. The predicted molar refractivity (Wildman–Crippen MR) is 217 cm³/mol. The topological polar surface area (TPSA) is 172 Å². The van der Waals surface area contributed by atoms with Crippen molar-refractivity contribution in [2.45, 2.75) is 193 Å². The molecular weight excluding hydrogens is 709 g/mol. The molecule has 0 saturated carbocycles. The Balaban J connectivity index is 4.50. The van der Waals surface area contributed by atoms with E-state index < -0.39 is 57.7 Å². The molecule has 4 N–H and O–H groups in total. The number of unbranched alkanes of at least 4 members (excludes halogenated alkanes) is 22. The van der Waals surface area contributed by atoms with Crippen LogP contribution in [0.3, 0.4) is 0 Å². The van der Waals surface area contributed by atoms with Crippen molar-refractivity contribution in [1.29, 1.82) is 0 Å². The highest BCUT2D eigenvalue weighted by Crippen LogP contribution is 2.43. The van der Waals surface area contributed by atoms with E-state index in [9.17, 15) is 23.8 Å². The second-order valence-electron chi connectivity index (χ2n) is 14.2. The lowest BCUT2D eigenvalue weighted by molar-refractivity contribution is -0.157. The molecule has 0 aromatic carbocycles. The van der Waals surface area contributed by atoms with Crippen LogP contribution >= 0.6 is 7.82 Å². The number of phosphoric acid groups is 1. The minimum atomic E-state index is -4.74. The number of ether oxygens (including phenoxy) is 2. The molecule has 0 aromatic rings. The van der Waals surface area contributed by atoms with Crippen LogP contribution in [0.15, 0.2) is 36.5 Å². The third-order valence-corrected chi connectivity index (χ3v) is 9.92. The van der Waals surface area contributed by atoms with Crippen LogP contribution < -0.4 is 5.73 Å². The molecule has 3 atom stereocenters. The van der Waals surface area contributed by atoms with Gasteiger partial charge in [-0.3, -0.25) is 18.6 Å². The Kier molecular flexibility index (Phi) is 36.0. The molecule has 1 unspecified atom stereocenters. The second-order valence-corrected chi connectivity index (χ2v) is 15.6. The summed E-state index contributed by atoms with van der Waals surface area (Å²) in [5.74, 6) is -2.65. The van der Waals surface area contributed by atoms with E-state index in [4.69, 9.17) is 24.8 Å². The fourth-order valence-electron chi connectivity index (χ4n) is 5.61. The molecule has 0 saturated heterocycles. The number of phosphoric ester groups is 1. The highest BCUT2D eigenvalue weighted by Gasteiger charge is 2.27. The van der Waals surface area contributed by atoms with E-state index in [-0.39, 0.29) is 6.42 Å². The third-order valence-electron chi connectivity index (χ3n) is 8.97. The number of carbonyl (C=O) groups excluding carboxylic acids is 2. The molecule has 0 aromatic heterocycles. The van der Waals surface area contributed by atoms with Crippen LogP contribution in [0.2, 0.25) is 0 Å². The molecule has 0 amide bonds. The molecule has 0 bridgehead atoms. The number of carboxylic acids is 1. The number of carboxylic acid groups (broad SMARTS) is 1. The molecule has 0 radical (unpaired) electrons. The normalized spacial score (nSPS) is 14.1. The van der Waals surface area contributed by atoms with E-state index in [1.54, 1.807) is 12.2 Å². The van der Waals surface area contributed by atoms with Crippen molar-refractivity contribution < 1.29 is 47.5 Å². The van der Waals surface area contributed by atoms with Crippen LogP contribution in [0.5, 0.6) is 0 Å². The van der Waals surface area contributed by atoms with Crippen LogP contribution in [0.25, 0.3) is 0 Å². The van der Waals surface area contributed by atoms with Crippen molar-refractivity contribution in [2.24, 2.45) is 5.73 Å². The average molecular weight is 786 g/mol.